The van der Waals surface area contributed by atoms with Crippen molar-refractivity contribution < 1.29 is 13.2 Å². The standard InChI is InChI=1S/C14H12ClNO3S/c1-20(18,19)11-8-6-10(7-9-11)16-14(17)12-4-2-3-5-13(12)15/h2-9H,1H3,(H,16,17). The monoisotopic (exact) mass is 309 g/mol. The number of amides is 1. The second kappa shape index (κ2) is 5.64. The maximum Gasteiger partial charge on any atom is 0.257 e. The molecule has 0 aromatic heterocycles. The molecule has 2 rings (SSSR count). The number of anilines is 1. The molecule has 0 spiro atoms. The van der Waals surface area contributed by atoms with E-state index in [2.05, 4.69) is 5.32 Å². The summed E-state index contributed by atoms with van der Waals surface area (Å²) in [6, 6.07) is 12.6. The van der Waals surface area contributed by atoms with E-state index in [0.29, 0.717) is 16.3 Å². The largest absolute Gasteiger partial charge is 0.322 e. The fourth-order valence-corrected chi connectivity index (χ4v) is 2.48. The van der Waals surface area contributed by atoms with E-state index in [9.17, 15) is 13.2 Å². The molecule has 0 aliphatic carbocycles. The van der Waals surface area contributed by atoms with Crippen molar-refractivity contribution in [3.63, 3.8) is 0 Å². The highest BCUT2D eigenvalue weighted by Crippen LogP contribution is 2.18. The Hall–Kier alpha value is -1.85. The van der Waals surface area contributed by atoms with Crippen molar-refractivity contribution in [1.29, 1.82) is 0 Å². The maximum atomic E-state index is 12.0. The van der Waals surface area contributed by atoms with Crippen LogP contribution in [0.25, 0.3) is 0 Å². The van der Waals surface area contributed by atoms with Crippen LogP contribution in [-0.2, 0) is 9.84 Å². The Balaban J connectivity index is 2.19. The van der Waals surface area contributed by atoms with Crippen molar-refractivity contribution in [2.75, 3.05) is 11.6 Å². The minimum Gasteiger partial charge on any atom is -0.322 e. The van der Waals surface area contributed by atoms with Gasteiger partial charge in [0, 0.05) is 11.9 Å². The zero-order valence-corrected chi connectivity index (χ0v) is 12.2. The molecule has 4 nitrogen and oxygen atoms in total. The third-order valence-electron chi connectivity index (χ3n) is 2.66. The van der Waals surface area contributed by atoms with Crippen LogP contribution in [0.15, 0.2) is 53.4 Å². The molecule has 0 aliphatic heterocycles. The highest BCUT2D eigenvalue weighted by atomic mass is 35.5. The second-order valence-electron chi connectivity index (χ2n) is 4.23. The van der Waals surface area contributed by atoms with Gasteiger partial charge in [0.2, 0.25) is 0 Å². The summed E-state index contributed by atoms with van der Waals surface area (Å²) in [7, 11) is -3.24. The zero-order valence-electron chi connectivity index (χ0n) is 10.6. The summed E-state index contributed by atoms with van der Waals surface area (Å²) in [4.78, 5) is 12.2. The molecule has 0 saturated carbocycles. The van der Waals surface area contributed by atoms with Gasteiger partial charge < -0.3 is 5.32 Å². The van der Waals surface area contributed by atoms with Gasteiger partial charge in [-0.2, -0.15) is 0 Å². The number of carbonyl (C=O) groups is 1. The predicted molar refractivity (Wildman–Crippen MR) is 79.0 cm³/mol. The van der Waals surface area contributed by atoms with E-state index in [-0.39, 0.29) is 10.8 Å². The van der Waals surface area contributed by atoms with Gasteiger partial charge in [-0.3, -0.25) is 4.79 Å². The molecule has 0 atom stereocenters. The fourth-order valence-electron chi connectivity index (χ4n) is 1.63. The molecular formula is C14H12ClNO3S. The van der Waals surface area contributed by atoms with Crippen molar-refractivity contribution >= 4 is 33.0 Å². The van der Waals surface area contributed by atoms with Gasteiger partial charge in [0.15, 0.2) is 9.84 Å². The maximum absolute atomic E-state index is 12.0. The molecular weight excluding hydrogens is 298 g/mol. The number of halogens is 1. The predicted octanol–water partition coefficient (Wildman–Crippen LogP) is 3.00. The van der Waals surface area contributed by atoms with Crippen molar-refractivity contribution in [3.8, 4) is 0 Å². The van der Waals surface area contributed by atoms with Gasteiger partial charge in [-0.1, -0.05) is 23.7 Å². The molecule has 0 radical (unpaired) electrons. The first-order valence-corrected chi connectivity index (χ1v) is 8.01. The summed E-state index contributed by atoms with van der Waals surface area (Å²) >= 11 is 5.93. The summed E-state index contributed by atoms with van der Waals surface area (Å²) in [5.41, 5.74) is 0.865. The van der Waals surface area contributed by atoms with Gasteiger partial charge in [0.25, 0.3) is 5.91 Å². The lowest BCUT2D eigenvalue weighted by atomic mass is 10.2. The molecule has 0 heterocycles. The van der Waals surface area contributed by atoms with Crippen LogP contribution in [0.3, 0.4) is 0 Å². The van der Waals surface area contributed by atoms with Crippen LogP contribution < -0.4 is 5.32 Å². The number of sulfone groups is 1. The van der Waals surface area contributed by atoms with Gasteiger partial charge in [-0.25, -0.2) is 8.42 Å². The van der Waals surface area contributed by atoms with E-state index < -0.39 is 9.84 Å². The number of rotatable bonds is 3. The first-order valence-electron chi connectivity index (χ1n) is 5.74. The lowest BCUT2D eigenvalue weighted by Crippen LogP contribution is -2.12. The molecule has 1 amide bonds. The lowest BCUT2D eigenvalue weighted by Gasteiger charge is -2.07. The van der Waals surface area contributed by atoms with Crippen LogP contribution in [0.1, 0.15) is 10.4 Å². The molecule has 2 aromatic carbocycles. The number of hydrogen-bond acceptors (Lipinski definition) is 3. The quantitative estimate of drug-likeness (QED) is 0.948. The molecule has 1 N–H and O–H groups in total. The fraction of sp³-hybridized carbons (Fsp3) is 0.0714. The number of hydrogen-bond donors (Lipinski definition) is 1. The summed E-state index contributed by atoms with van der Waals surface area (Å²) in [6.07, 6.45) is 1.13. The van der Waals surface area contributed by atoms with Gasteiger partial charge in [-0.15, -0.1) is 0 Å². The Kier molecular flexibility index (Phi) is 4.11. The van der Waals surface area contributed by atoms with E-state index in [4.69, 9.17) is 11.6 Å². The third-order valence-corrected chi connectivity index (χ3v) is 4.12. The topological polar surface area (TPSA) is 63.2 Å². The van der Waals surface area contributed by atoms with E-state index in [1.807, 2.05) is 0 Å². The SMILES string of the molecule is CS(=O)(=O)c1ccc(NC(=O)c2ccccc2Cl)cc1. The van der Waals surface area contributed by atoms with Crippen LogP contribution in [0.2, 0.25) is 5.02 Å². The van der Waals surface area contributed by atoms with Crippen LogP contribution >= 0.6 is 11.6 Å². The van der Waals surface area contributed by atoms with Gasteiger partial charge >= 0.3 is 0 Å². The first-order chi connectivity index (χ1) is 9.38. The van der Waals surface area contributed by atoms with Crippen LogP contribution in [0.5, 0.6) is 0 Å². The normalized spacial score (nSPS) is 11.1. The highest BCUT2D eigenvalue weighted by Gasteiger charge is 2.11. The molecule has 0 unspecified atom stereocenters. The lowest BCUT2D eigenvalue weighted by molar-refractivity contribution is 0.102. The molecule has 6 heteroatoms. The van der Waals surface area contributed by atoms with Crippen LogP contribution in [0, 0.1) is 0 Å². The molecule has 0 aliphatic rings. The van der Waals surface area contributed by atoms with E-state index >= 15 is 0 Å². The van der Waals surface area contributed by atoms with Crippen LogP contribution in [0.4, 0.5) is 5.69 Å². The molecule has 2 aromatic rings. The van der Waals surface area contributed by atoms with Gasteiger partial charge in [0.1, 0.15) is 0 Å². The van der Waals surface area contributed by atoms with Crippen molar-refractivity contribution in [1.82, 2.24) is 0 Å². The summed E-state index contributed by atoms with van der Waals surface area (Å²) in [5, 5.41) is 3.02. The molecule has 0 bridgehead atoms. The van der Waals surface area contributed by atoms with Crippen molar-refractivity contribution in [2.45, 2.75) is 4.90 Å². The van der Waals surface area contributed by atoms with Gasteiger partial charge in [0.05, 0.1) is 15.5 Å². The summed E-state index contributed by atoms with van der Waals surface area (Å²) in [5.74, 6) is -0.345. The summed E-state index contributed by atoms with van der Waals surface area (Å²) in [6.45, 7) is 0. The zero-order chi connectivity index (χ0) is 14.8. The van der Waals surface area contributed by atoms with Crippen molar-refractivity contribution in [2.24, 2.45) is 0 Å². The van der Waals surface area contributed by atoms with Crippen LogP contribution in [-0.4, -0.2) is 20.6 Å². The average Bonchev–Trinajstić information content (AvgIpc) is 2.38. The number of carbonyl (C=O) groups excluding carboxylic acids is 1. The Labute approximate surface area is 122 Å². The first kappa shape index (κ1) is 14.6. The Morgan fingerprint density at radius 2 is 1.65 bits per heavy atom. The number of nitrogens with one attached hydrogen (secondary N) is 1. The molecule has 0 saturated heterocycles. The van der Waals surface area contributed by atoms with Gasteiger partial charge in [-0.05, 0) is 36.4 Å². The highest BCUT2D eigenvalue weighted by molar-refractivity contribution is 7.90. The molecule has 104 valence electrons. The second-order valence-corrected chi connectivity index (χ2v) is 6.65. The summed E-state index contributed by atoms with van der Waals surface area (Å²) < 4.78 is 22.7. The van der Waals surface area contributed by atoms with E-state index in [0.717, 1.165) is 6.26 Å². The Morgan fingerprint density at radius 1 is 1.05 bits per heavy atom. The number of benzene rings is 2. The van der Waals surface area contributed by atoms with E-state index in [1.54, 1.807) is 24.3 Å². The van der Waals surface area contributed by atoms with Crippen molar-refractivity contribution in [3.05, 3.63) is 59.1 Å². The van der Waals surface area contributed by atoms with E-state index in [1.165, 1.54) is 24.3 Å². The molecule has 20 heavy (non-hydrogen) atoms. The minimum absolute atomic E-state index is 0.202. The Bertz CT molecular complexity index is 739. The third kappa shape index (κ3) is 3.37. The Morgan fingerprint density at radius 3 is 2.20 bits per heavy atom. The molecule has 0 fully saturated rings. The smallest absolute Gasteiger partial charge is 0.257 e. The average molecular weight is 310 g/mol. The minimum atomic E-state index is -3.24.